The number of aromatic nitrogens is 2. The lowest BCUT2D eigenvalue weighted by atomic mass is 9.97. The zero-order valence-corrected chi connectivity index (χ0v) is 16.6. The molecule has 148 valence electrons. The predicted molar refractivity (Wildman–Crippen MR) is 105 cm³/mol. The Morgan fingerprint density at radius 2 is 1.92 bits per heavy atom. The third kappa shape index (κ3) is 5.28. The lowest BCUT2D eigenvalue weighted by Crippen LogP contribution is -2.59. The van der Waals surface area contributed by atoms with Gasteiger partial charge in [0.2, 0.25) is 0 Å². The largest absolute Gasteiger partial charge is 0.396 e. The Labute approximate surface area is 158 Å². The van der Waals surface area contributed by atoms with Crippen LogP contribution < -0.4 is 0 Å². The molecule has 26 heavy (non-hydrogen) atoms. The number of hydrogen-bond acceptors (Lipinski definition) is 5. The molecule has 0 amide bonds. The van der Waals surface area contributed by atoms with Crippen molar-refractivity contribution in [2.45, 2.75) is 64.2 Å². The summed E-state index contributed by atoms with van der Waals surface area (Å²) < 4.78 is 2.02. The van der Waals surface area contributed by atoms with Gasteiger partial charge < -0.3 is 14.9 Å². The summed E-state index contributed by atoms with van der Waals surface area (Å²) in [6.45, 7) is 12.9. The number of piperazine rings is 1. The lowest BCUT2D eigenvalue weighted by molar-refractivity contribution is 0.00174. The van der Waals surface area contributed by atoms with Crippen LogP contribution in [0.1, 0.15) is 39.5 Å². The number of nitrogens with zero attached hydrogens (tertiary/aromatic N) is 5. The van der Waals surface area contributed by atoms with Crippen LogP contribution in [0.2, 0.25) is 0 Å². The molecule has 0 saturated carbocycles. The zero-order valence-electron chi connectivity index (χ0n) is 16.6. The van der Waals surface area contributed by atoms with E-state index in [1.165, 1.54) is 25.9 Å². The van der Waals surface area contributed by atoms with Gasteiger partial charge in [0.1, 0.15) is 0 Å². The highest BCUT2D eigenvalue weighted by Gasteiger charge is 2.33. The topological polar surface area (TPSA) is 47.8 Å². The first-order chi connectivity index (χ1) is 12.7. The van der Waals surface area contributed by atoms with Crippen molar-refractivity contribution in [3.63, 3.8) is 0 Å². The summed E-state index contributed by atoms with van der Waals surface area (Å²) in [4.78, 5) is 7.91. The molecular weight excluding hydrogens is 326 g/mol. The molecule has 0 radical (unpaired) electrons. The molecule has 2 aliphatic rings. The Bertz CT molecular complexity index is 498. The van der Waals surface area contributed by atoms with Crippen molar-refractivity contribution in [1.82, 2.24) is 24.5 Å². The maximum atomic E-state index is 9.57. The molecule has 1 N–H and O–H groups in total. The number of likely N-dealkylation sites (tertiary alicyclic amines) is 1. The van der Waals surface area contributed by atoms with Gasteiger partial charge in [0.05, 0.1) is 0 Å². The predicted octanol–water partition coefficient (Wildman–Crippen LogP) is 1.51. The van der Waals surface area contributed by atoms with E-state index in [1.807, 2.05) is 23.1 Å². The van der Waals surface area contributed by atoms with Crippen LogP contribution in [0, 0.1) is 0 Å². The summed E-state index contributed by atoms with van der Waals surface area (Å²) in [5.74, 6) is 0. The third-order valence-corrected chi connectivity index (χ3v) is 6.19. The van der Waals surface area contributed by atoms with E-state index in [0.29, 0.717) is 24.7 Å². The van der Waals surface area contributed by atoms with Crippen molar-refractivity contribution in [2.75, 3.05) is 45.9 Å². The minimum atomic E-state index is 0.299. The van der Waals surface area contributed by atoms with Gasteiger partial charge in [-0.25, -0.2) is 0 Å². The van der Waals surface area contributed by atoms with Gasteiger partial charge in [-0.3, -0.25) is 9.58 Å². The average Bonchev–Trinajstić information content (AvgIpc) is 3.16. The molecule has 2 aliphatic heterocycles. The summed E-state index contributed by atoms with van der Waals surface area (Å²) in [7, 11) is 0. The summed E-state index contributed by atoms with van der Waals surface area (Å²) in [6.07, 6.45) is 8.48. The zero-order chi connectivity index (χ0) is 18.4. The van der Waals surface area contributed by atoms with Crippen LogP contribution in [-0.2, 0) is 6.54 Å². The molecule has 1 atom stereocenters. The van der Waals surface area contributed by atoms with E-state index < -0.39 is 0 Å². The summed E-state index contributed by atoms with van der Waals surface area (Å²) >= 11 is 0. The number of hydrogen-bond donors (Lipinski definition) is 1. The lowest BCUT2D eigenvalue weighted by Gasteiger charge is -2.48. The molecule has 0 bridgehead atoms. The number of rotatable bonds is 8. The molecule has 1 aromatic heterocycles. The van der Waals surface area contributed by atoms with Crippen molar-refractivity contribution in [1.29, 1.82) is 0 Å². The van der Waals surface area contributed by atoms with E-state index in [4.69, 9.17) is 0 Å². The van der Waals surface area contributed by atoms with Crippen molar-refractivity contribution in [2.24, 2.45) is 0 Å². The monoisotopic (exact) mass is 363 g/mol. The van der Waals surface area contributed by atoms with E-state index in [9.17, 15) is 5.11 Å². The van der Waals surface area contributed by atoms with Gasteiger partial charge in [-0.15, -0.1) is 0 Å². The van der Waals surface area contributed by atoms with E-state index in [-0.39, 0.29) is 0 Å². The quantitative estimate of drug-likeness (QED) is 0.759. The molecule has 2 fully saturated rings. The van der Waals surface area contributed by atoms with Gasteiger partial charge in [-0.2, -0.15) is 5.10 Å². The van der Waals surface area contributed by atoms with E-state index in [0.717, 1.165) is 45.6 Å². The van der Waals surface area contributed by atoms with Crippen LogP contribution in [0.5, 0.6) is 0 Å². The molecule has 0 aliphatic carbocycles. The molecule has 3 rings (SSSR count). The number of aryl methyl sites for hydroxylation is 1. The SMILES string of the molecule is CC(C)N1CCC(N2CCN(CCCn3cccn3)C[C@@H]2CCO)CC1. The first-order valence-corrected chi connectivity index (χ1v) is 10.5. The van der Waals surface area contributed by atoms with Gasteiger partial charge in [0.25, 0.3) is 0 Å². The highest BCUT2D eigenvalue weighted by atomic mass is 16.3. The fraction of sp³-hybridized carbons (Fsp3) is 0.850. The van der Waals surface area contributed by atoms with Crippen LogP contribution in [0.25, 0.3) is 0 Å². The molecule has 3 heterocycles. The Balaban J connectivity index is 1.46. The second-order valence-electron chi connectivity index (χ2n) is 8.19. The molecule has 0 spiro atoms. The number of aliphatic hydroxyl groups is 1. The maximum absolute atomic E-state index is 9.57. The van der Waals surface area contributed by atoms with Crippen LogP contribution in [0.4, 0.5) is 0 Å². The standard InChI is InChI=1S/C20H37N5O/c1-18(2)23-12-5-19(6-13-23)25-15-14-22(17-20(25)7-16-26)9-4-11-24-10-3-8-21-24/h3,8,10,18-20,26H,4-7,9,11-17H2,1-2H3/t20-/m0/s1. The Kier molecular flexibility index (Phi) is 7.49. The van der Waals surface area contributed by atoms with Gasteiger partial charge >= 0.3 is 0 Å². The van der Waals surface area contributed by atoms with Crippen molar-refractivity contribution in [3.8, 4) is 0 Å². The van der Waals surface area contributed by atoms with Crippen LogP contribution >= 0.6 is 0 Å². The summed E-state index contributed by atoms with van der Waals surface area (Å²) in [5.41, 5.74) is 0. The first kappa shape index (κ1) is 19.8. The first-order valence-electron chi connectivity index (χ1n) is 10.5. The highest BCUT2D eigenvalue weighted by molar-refractivity contribution is 4.90. The van der Waals surface area contributed by atoms with Gasteiger partial charge in [0, 0.05) is 69.8 Å². The maximum Gasteiger partial charge on any atom is 0.0489 e. The molecule has 0 aromatic carbocycles. The van der Waals surface area contributed by atoms with Crippen LogP contribution in [0.15, 0.2) is 18.5 Å². The summed E-state index contributed by atoms with van der Waals surface area (Å²) in [6, 6.07) is 3.86. The minimum absolute atomic E-state index is 0.299. The van der Waals surface area contributed by atoms with Gasteiger partial charge in [-0.1, -0.05) is 0 Å². The van der Waals surface area contributed by atoms with Crippen LogP contribution in [0.3, 0.4) is 0 Å². The molecule has 2 saturated heterocycles. The second-order valence-corrected chi connectivity index (χ2v) is 8.19. The normalized spacial score (nSPS) is 24.5. The Morgan fingerprint density at radius 1 is 1.12 bits per heavy atom. The van der Waals surface area contributed by atoms with Crippen LogP contribution in [-0.4, -0.2) is 93.6 Å². The second kappa shape index (κ2) is 9.83. The fourth-order valence-corrected chi connectivity index (χ4v) is 4.65. The van der Waals surface area contributed by atoms with Crippen molar-refractivity contribution in [3.05, 3.63) is 18.5 Å². The number of piperidine rings is 1. The Hall–Kier alpha value is -0.950. The minimum Gasteiger partial charge on any atom is -0.396 e. The highest BCUT2D eigenvalue weighted by Crippen LogP contribution is 2.24. The summed E-state index contributed by atoms with van der Waals surface area (Å²) in [5, 5.41) is 13.9. The fourth-order valence-electron chi connectivity index (χ4n) is 4.65. The van der Waals surface area contributed by atoms with E-state index in [2.05, 4.69) is 33.6 Å². The van der Waals surface area contributed by atoms with E-state index >= 15 is 0 Å². The van der Waals surface area contributed by atoms with Crippen molar-refractivity contribution >= 4 is 0 Å². The molecular formula is C20H37N5O. The molecule has 6 nitrogen and oxygen atoms in total. The molecule has 0 unspecified atom stereocenters. The third-order valence-electron chi connectivity index (χ3n) is 6.19. The molecule has 6 heteroatoms. The molecule has 1 aromatic rings. The number of aliphatic hydroxyl groups excluding tert-OH is 1. The van der Waals surface area contributed by atoms with Gasteiger partial charge in [-0.05, 0) is 58.7 Å². The smallest absolute Gasteiger partial charge is 0.0489 e. The van der Waals surface area contributed by atoms with Crippen molar-refractivity contribution < 1.29 is 5.11 Å². The average molecular weight is 364 g/mol. The van der Waals surface area contributed by atoms with E-state index in [1.54, 1.807) is 0 Å². The Morgan fingerprint density at radius 3 is 2.58 bits per heavy atom. The van der Waals surface area contributed by atoms with Gasteiger partial charge in [0.15, 0.2) is 0 Å².